The summed E-state index contributed by atoms with van der Waals surface area (Å²) in [5, 5.41) is 12.6. The van der Waals surface area contributed by atoms with Gasteiger partial charge in [-0.3, -0.25) is 0 Å². The Labute approximate surface area is 97.4 Å². The number of anilines is 1. The Morgan fingerprint density at radius 3 is 2.86 bits per heavy atom. The van der Waals surface area contributed by atoms with Crippen molar-refractivity contribution in [1.29, 1.82) is 0 Å². The molecule has 0 aliphatic rings. The molecule has 4 heteroatoms. The predicted octanol–water partition coefficient (Wildman–Crippen LogP) is 3.21. The number of rotatable bonds is 4. The molecule has 0 spiro atoms. The van der Waals surface area contributed by atoms with Gasteiger partial charge in [-0.05, 0) is 47.0 Å². The van der Waals surface area contributed by atoms with Gasteiger partial charge in [0.05, 0.1) is 0 Å². The van der Waals surface area contributed by atoms with E-state index in [9.17, 15) is 0 Å². The second-order valence-electron chi connectivity index (χ2n) is 3.09. The number of nitrogens with one attached hydrogen (secondary N) is 1. The topological polar surface area (TPSA) is 32.3 Å². The van der Waals surface area contributed by atoms with Crippen LogP contribution in [-0.2, 0) is 0 Å². The van der Waals surface area contributed by atoms with E-state index in [4.69, 9.17) is 16.7 Å². The van der Waals surface area contributed by atoms with E-state index in [0.717, 1.165) is 33.7 Å². The first-order valence-corrected chi connectivity index (χ1v) is 5.62. The van der Waals surface area contributed by atoms with E-state index >= 15 is 0 Å². The van der Waals surface area contributed by atoms with E-state index in [-0.39, 0.29) is 6.61 Å². The molecule has 0 saturated heterocycles. The van der Waals surface area contributed by atoms with Crippen LogP contribution in [0.1, 0.15) is 12.0 Å². The molecule has 1 aromatic carbocycles. The molecule has 1 aromatic rings. The number of benzene rings is 1. The Balaban J connectivity index is 2.72. The molecule has 78 valence electrons. The molecule has 0 fully saturated rings. The predicted molar refractivity (Wildman–Crippen MR) is 64.1 cm³/mol. The molecule has 0 unspecified atom stereocenters. The molecule has 0 aliphatic carbocycles. The van der Waals surface area contributed by atoms with Gasteiger partial charge < -0.3 is 10.4 Å². The average molecular weight is 279 g/mol. The minimum Gasteiger partial charge on any atom is -0.396 e. The molecule has 0 bridgehead atoms. The van der Waals surface area contributed by atoms with E-state index < -0.39 is 0 Å². The Bertz CT molecular complexity index is 317. The molecular weight excluding hydrogens is 265 g/mol. The molecule has 2 N–H and O–H groups in total. The van der Waals surface area contributed by atoms with E-state index in [2.05, 4.69) is 21.2 Å². The fourth-order valence-corrected chi connectivity index (χ4v) is 1.85. The van der Waals surface area contributed by atoms with E-state index in [1.807, 2.05) is 19.1 Å². The van der Waals surface area contributed by atoms with Crippen LogP contribution in [0.25, 0.3) is 0 Å². The second kappa shape index (κ2) is 5.59. The summed E-state index contributed by atoms with van der Waals surface area (Å²) < 4.78 is 0.998. The lowest BCUT2D eigenvalue weighted by atomic mass is 10.2. The zero-order valence-corrected chi connectivity index (χ0v) is 10.3. The summed E-state index contributed by atoms with van der Waals surface area (Å²) in [7, 11) is 0. The van der Waals surface area contributed by atoms with Crippen LogP contribution in [0.3, 0.4) is 0 Å². The van der Waals surface area contributed by atoms with Crippen LogP contribution in [-0.4, -0.2) is 18.3 Å². The van der Waals surface area contributed by atoms with Crippen molar-refractivity contribution in [3.05, 3.63) is 27.2 Å². The Hall–Kier alpha value is -0.250. The van der Waals surface area contributed by atoms with Crippen molar-refractivity contribution in [2.24, 2.45) is 0 Å². The molecule has 0 atom stereocenters. The third-order valence-electron chi connectivity index (χ3n) is 1.90. The van der Waals surface area contributed by atoms with E-state index in [1.54, 1.807) is 0 Å². The first-order valence-electron chi connectivity index (χ1n) is 4.45. The van der Waals surface area contributed by atoms with Gasteiger partial charge in [-0.25, -0.2) is 0 Å². The first-order chi connectivity index (χ1) is 6.65. The fraction of sp³-hybridized carbons (Fsp3) is 0.400. The molecule has 14 heavy (non-hydrogen) atoms. The van der Waals surface area contributed by atoms with Gasteiger partial charge in [0.15, 0.2) is 0 Å². The number of hydrogen-bond donors (Lipinski definition) is 2. The van der Waals surface area contributed by atoms with Crippen LogP contribution in [0, 0.1) is 6.92 Å². The molecule has 0 radical (unpaired) electrons. The molecule has 1 rings (SSSR count). The number of aliphatic hydroxyl groups excluding tert-OH is 1. The maximum atomic E-state index is 8.63. The van der Waals surface area contributed by atoms with Gasteiger partial charge in [0, 0.05) is 28.3 Å². The molecule has 2 nitrogen and oxygen atoms in total. The lowest BCUT2D eigenvalue weighted by Gasteiger charge is -2.09. The summed E-state index contributed by atoms with van der Waals surface area (Å²) in [6, 6.07) is 3.86. The third kappa shape index (κ3) is 3.15. The van der Waals surface area contributed by atoms with Crippen molar-refractivity contribution in [2.75, 3.05) is 18.5 Å². The first kappa shape index (κ1) is 11.8. The normalized spacial score (nSPS) is 10.3. The Kier molecular flexibility index (Phi) is 4.72. The van der Waals surface area contributed by atoms with Crippen molar-refractivity contribution in [2.45, 2.75) is 13.3 Å². The highest BCUT2D eigenvalue weighted by Gasteiger charge is 2.03. The molecule has 0 saturated carbocycles. The van der Waals surface area contributed by atoms with Crippen LogP contribution >= 0.6 is 27.5 Å². The summed E-state index contributed by atoms with van der Waals surface area (Å²) in [4.78, 5) is 0. The zero-order valence-electron chi connectivity index (χ0n) is 7.98. The van der Waals surface area contributed by atoms with Gasteiger partial charge in [-0.2, -0.15) is 0 Å². The fourth-order valence-electron chi connectivity index (χ4n) is 1.08. The number of halogens is 2. The van der Waals surface area contributed by atoms with Crippen LogP contribution in [0.15, 0.2) is 16.6 Å². The highest BCUT2D eigenvalue weighted by molar-refractivity contribution is 9.10. The smallest absolute Gasteiger partial charge is 0.0499 e. The Morgan fingerprint density at radius 1 is 1.50 bits per heavy atom. The average Bonchev–Trinajstić information content (AvgIpc) is 2.14. The van der Waals surface area contributed by atoms with E-state index in [0.29, 0.717) is 0 Å². The van der Waals surface area contributed by atoms with Crippen LogP contribution in [0.5, 0.6) is 0 Å². The van der Waals surface area contributed by atoms with Crippen molar-refractivity contribution in [1.82, 2.24) is 0 Å². The third-order valence-corrected chi connectivity index (χ3v) is 2.96. The van der Waals surface area contributed by atoms with Gasteiger partial charge in [0.2, 0.25) is 0 Å². The zero-order chi connectivity index (χ0) is 10.6. The van der Waals surface area contributed by atoms with Crippen LogP contribution in [0.2, 0.25) is 5.02 Å². The standard InChI is InChI=1S/C10H13BrClNO/c1-7-5-8(11)10(6-9(7)12)13-3-2-4-14/h5-6,13-14H,2-4H2,1H3. The number of hydrogen-bond acceptors (Lipinski definition) is 2. The van der Waals surface area contributed by atoms with Crippen molar-refractivity contribution >= 4 is 33.2 Å². The summed E-state index contributed by atoms with van der Waals surface area (Å²) >= 11 is 9.44. The van der Waals surface area contributed by atoms with E-state index in [1.165, 1.54) is 0 Å². The summed E-state index contributed by atoms with van der Waals surface area (Å²) in [5.74, 6) is 0. The summed E-state index contributed by atoms with van der Waals surface area (Å²) in [5.41, 5.74) is 2.01. The number of aryl methyl sites for hydroxylation is 1. The molecule has 0 amide bonds. The second-order valence-corrected chi connectivity index (χ2v) is 4.35. The molecule has 0 aliphatic heterocycles. The quantitative estimate of drug-likeness (QED) is 0.829. The van der Waals surface area contributed by atoms with Gasteiger partial charge >= 0.3 is 0 Å². The van der Waals surface area contributed by atoms with Gasteiger partial charge in [-0.1, -0.05) is 11.6 Å². The minimum atomic E-state index is 0.199. The van der Waals surface area contributed by atoms with Gasteiger partial charge in [-0.15, -0.1) is 0 Å². The highest BCUT2D eigenvalue weighted by atomic mass is 79.9. The molecule has 0 aromatic heterocycles. The summed E-state index contributed by atoms with van der Waals surface area (Å²) in [6.07, 6.45) is 0.734. The highest BCUT2D eigenvalue weighted by Crippen LogP contribution is 2.28. The number of aliphatic hydroxyl groups is 1. The van der Waals surface area contributed by atoms with Crippen molar-refractivity contribution < 1.29 is 5.11 Å². The monoisotopic (exact) mass is 277 g/mol. The SMILES string of the molecule is Cc1cc(Br)c(NCCCO)cc1Cl. The van der Waals surface area contributed by atoms with Crippen LogP contribution in [0.4, 0.5) is 5.69 Å². The Morgan fingerprint density at radius 2 is 2.21 bits per heavy atom. The maximum Gasteiger partial charge on any atom is 0.0499 e. The molecular formula is C10H13BrClNO. The van der Waals surface area contributed by atoms with Gasteiger partial charge in [0.1, 0.15) is 0 Å². The van der Waals surface area contributed by atoms with Gasteiger partial charge in [0.25, 0.3) is 0 Å². The lowest BCUT2D eigenvalue weighted by Crippen LogP contribution is -2.04. The van der Waals surface area contributed by atoms with Crippen molar-refractivity contribution in [3.63, 3.8) is 0 Å². The largest absolute Gasteiger partial charge is 0.396 e. The maximum absolute atomic E-state index is 8.63. The molecule has 0 heterocycles. The van der Waals surface area contributed by atoms with Crippen LogP contribution < -0.4 is 5.32 Å². The lowest BCUT2D eigenvalue weighted by molar-refractivity contribution is 0.292. The minimum absolute atomic E-state index is 0.199. The summed E-state index contributed by atoms with van der Waals surface area (Å²) in [6.45, 7) is 2.91. The van der Waals surface area contributed by atoms with Crippen molar-refractivity contribution in [3.8, 4) is 0 Å².